The van der Waals surface area contributed by atoms with Crippen LogP contribution in [0.4, 0.5) is 0 Å². The van der Waals surface area contributed by atoms with Crippen LogP contribution in [0.25, 0.3) is 11.0 Å². The number of pyridine rings is 2. The maximum Gasteiger partial charge on any atom is 0.252 e. The minimum absolute atomic E-state index is 0. The van der Waals surface area contributed by atoms with Crippen molar-refractivity contribution in [2.45, 2.75) is 26.3 Å². The van der Waals surface area contributed by atoms with Gasteiger partial charge in [0, 0.05) is 23.6 Å². The molecule has 5 nitrogen and oxygen atoms in total. The molecule has 108 valence electrons. The van der Waals surface area contributed by atoms with Crippen molar-refractivity contribution in [2.75, 3.05) is 20.2 Å². The summed E-state index contributed by atoms with van der Waals surface area (Å²) < 4.78 is 6.98. The van der Waals surface area contributed by atoms with Crippen LogP contribution >= 0.6 is 0 Å². The summed E-state index contributed by atoms with van der Waals surface area (Å²) in [7, 11) is 1.59. The number of aromatic nitrogens is 2. The lowest BCUT2D eigenvalue weighted by atomic mass is 10.1. The van der Waals surface area contributed by atoms with E-state index in [4.69, 9.17) is 4.74 Å². The first kappa shape index (κ1) is 14.5. The van der Waals surface area contributed by atoms with Crippen LogP contribution in [0.5, 0.6) is 5.88 Å². The van der Waals surface area contributed by atoms with Gasteiger partial charge in [0.2, 0.25) is 5.88 Å². The molecule has 1 fully saturated rings. The van der Waals surface area contributed by atoms with E-state index in [2.05, 4.69) is 10.3 Å². The van der Waals surface area contributed by atoms with Crippen molar-refractivity contribution in [3.8, 4) is 5.88 Å². The van der Waals surface area contributed by atoms with Gasteiger partial charge in [-0.25, -0.2) is 0 Å². The minimum Gasteiger partial charge on any atom is -0.481 e. The number of fused-ring (bicyclic) bond motifs is 1. The third-order valence-electron chi connectivity index (χ3n) is 3.63. The Morgan fingerprint density at radius 1 is 1.25 bits per heavy atom. The van der Waals surface area contributed by atoms with Crippen molar-refractivity contribution in [3.63, 3.8) is 0 Å². The average molecular weight is 275 g/mol. The molecule has 0 bridgehead atoms. The van der Waals surface area contributed by atoms with Crippen LogP contribution in [-0.4, -0.2) is 29.8 Å². The SMILES string of the molecule is C.COc1ccc2ccc(=O)n(C3CCNCC3)c2n1. The zero-order valence-corrected chi connectivity index (χ0v) is 10.9. The number of nitrogens with one attached hydrogen (secondary N) is 1. The Balaban J connectivity index is 0.00000147. The van der Waals surface area contributed by atoms with Gasteiger partial charge in [-0.2, -0.15) is 4.98 Å². The Morgan fingerprint density at radius 2 is 1.95 bits per heavy atom. The van der Waals surface area contributed by atoms with Crippen LogP contribution in [0.3, 0.4) is 0 Å². The lowest BCUT2D eigenvalue weighted by Crippen LogP contribution is -2.34. The quantitative estimate of drug-likeness (QED) is 0.910. The smallest absolute Gasteiger partial charge is 0.252 e. The van der Waals surface area contributed by atoms with E-state index in [9.17, 15) is 4.79 Å². The molecule has 1 aliphatic rings. The van der Waals surface area contributed by atoms with Crippen molar-refractivity contribution >= 4 is 11.0 Å². The molecule has 1 N–H and O–H groups in total. The van der Waals surface area contributed by atoms with E-state index in [0.717, 1.165) is 37.0 Å². The Morgan fingerprint density at radius 3 is 2.65 bits per heavy atom. The highest BCUT2D eigenvalue weighted by Crippen LogP contribution is 2.22. The predicted molar refractivity (Wildman–Crippen MR) is 80.4 cm³/mol. The Labute approximate surface area is 118 Å². The summed E-state index contributed by atoms with van der Waals surface area (Å²) in [6.07, 6.45) is 1.91. The topological polar surface area (TPSA) is 56.1 Å². The second-order valence-electron chi connectivity index (χ2n) is 4.79. The summed E-state index contributed by atoms with van der Waals surface area (Å²) in [6.45, 7) is 1.88. The first-order valence-corrected chi connectivity index (χ1v) is 6.56. The molecule has 20 heavy (non-hydrogen) atoms. The fourth-order valence-electron chi connectivity index (χ4n) is 2.64. The number of rotatable bonds is 2. The second-order valence-corrected chi connectivity index (χ2v) is 4.79. The molecule has 5 heteroatoms. The van der Waals surface area contributed by atoms with E-state index >= 15 is 0 Å². The molecule has 0 aliphatic carbocycles. The summed E-state index contributed by atoms with van der Waals surface area (Å²) in [5, 5.41) is 4.29. The van der Waals surface area contributed by atoms with Crippen molar-refractivity contribution in [3.05, 3.63) is 34.6 Å². The minimum atomic E-state index is 0. The number of piperidine rings is 1. The molecule has 3 rings (SSSR count). The summed E-state index contributed by atoms with van der Waals surface area (Å²) in [5.41, 5.74) is 0.735. The van der Waals surface area contributed by atoms with E-state index in [-0.39, 0.29) is 19.0 Å². The molecule has 0 unspecified atom stereocenters. The number of nitrogens with zero attached hydrogens (tertiary/aromatic N) is 2. The highest BCUT2D eigenvalue weighted by molar-refractivity contribution is 5.75. The summed E-state index contributed by atoms with van der Waals surface area (Å²) in [6, 6.07) is 7.43. The van der Waals surface area contributed by atoms with Gasteiger partial charge in [-0.15, -0.1) is 0 Å². The van der Waals surface area contributed by atoms with Gasteiger partial charge in [0.15, 0.2) is 0 Å². The Kier molecular flexibility index (Phi) is 4.39. The molecular weight excluding hydrogens is 254 g/mol. The van der Waals surface area contributed by atoms with Gasteiger partial charge in [-0.3, -0.25) is 9.36 Å². The molecule has 0 saturated carbocycles. The van der Waals surface area contributed by atoms with Crippen molar-refractivity contribution in [1.82, 2.24) is 14.9 Å². The second kappa shape index (κ2) is 6.05. The van der Waals surface area contributed by atoms with Gasteiger partial charge in [-0.05, 0) is 38.1 Å². The molecule has 0 amide bonds. The third-order valence-corrected chi connectivity index (χ3v) is 3.63. The van der Waals surface area contributed by atoms with Gasteiger partial charge in [0.1, 0.15) is 5.65 Å². The summed E-state index contributed by atoms with van der Waals surface area (Å²) >= 11 is 0. The first-order chi connectivity index (χ1) is 9.29. The number of hydrogen-bond donors (Lipinski definition) is 1. The van der Waals surface area contributed by atoms with E-state index in [1.165, 1.54) is 0 Å². The van der Waals surface area contributed by atoms with Gasteiger partial charge in [-0.1, -0.05) is 7.43 Å². The molecule has 0 radical (unpaired) electrons. The van der Waals surface area contributed by atoms with E-state index < -0.39 is 0 Å². The maximum absolute atomic E-state index is 12.2. The lowest BCUT2D eigenvalue weighted by Gasteiger charge is -2.25. The van der Waals surface area contributed by atoms with Crippen LogP contribution in [0, 0.1) is 0 Å². The van der Waals surface area contributed by atoms with E-state index in [1.807, 2.05) is 22.8 Å². The molecule has 0 spiro atoms. The predicted octanol–water partition coefficient (Wildman–Crippen LogP) is 1.97. The van der Waals surface area contributed by atoms with Crippen molar-refractivity contribution in [1.29, 1.82) is 0 Å². The normalized spacial score (nSPS) is 15.8. The molecule has 1 saturated heterocycles. The van der Waals surface area contributed by atoms with Crippen LogP contribution in [0.15, 0.2) is 29.1 Å². The van der Waals surface area contributed by atoms with Crippen molar-refractivity contribution < 1.29 is 4.74 Å². The van der Waals surface area contributed by atoms with Crippen molar-refractivity contribution in [2.24, 2.45) is 0 Å². The van der Waals surface area contributed by atoms with Crippen LogP contribution in [0.2, 0.25) is 0 Å². The first-order valence-electron chi connectivity index (χ1n) is 6.56. The molecular formula is C15H21N3O2. The molecule has 1 aliphatic heterocycles. The standard InChI is InChI=1S/C14H17N3O2.CH4/c1-19-12-4-2-10-3-5-13(18)17(14(10)16-12)11-6-8-15-9-7-11;/h2-5,11,15H,6-9H2,1H3;1H4. The summed E-state index contributed by atoms with van der Waals surface area (Å²) in [4.78, 5) is 16.6. The van der Waals surface area contributed by atoms with Crippen LogP contribution in [-0.2, 0) is 0 Å². The Hall–Kier alpha value is -1.88. The zero-order chi connectivity index (χ0) is 13.2. The van der Waals surface area contributed by atoms with Gasteiger partial charge in [0.05, 0.1) is 7.11 Å². The molecule has 2 aromatic rings. The third kappa shape index (κ3) is 2.54. The molecule has 2 aromatic heterocycles. The van der Waals surface area contributed by atoms with Gasteiger partial charge in [0.25, 0.3) is 5.56 Å². The number of ether oxygens (including phenoxy) is 1. The maximum atomic E-state index is 12.2. The lowest BCUT2D eigenvalue weighted by molar-refractivity contribution is 0.364. The fourth-order valence-corrected chi connectivity index (χ4v) is 2.64. The summed E-state index contributed by atoms with van der Waals surface area (Å²) in [5.74, 6) is 0.542. The van der Waals surface area contributed by atoms with E-state index in [1.54, 1.807) is 13.2 Å². The Bertz CT molecular complexity index is 645. The molecule has 3 heterocycles. The van der Waals surface area contributed by atoms with Crippen LogP contribution in [0.1, 0.15) is 26.3 Å². The zero-order valence-electron chi connectivity index (χ0n) is 10.9. The highest BCUT2D eigenvalue weighted by Gasteiger charge is 2.18. The van der Waals surface area contributed by atoms with E-state index in [0.29, 0.717) is 5.88 Å². The largest absolute Gasteiger partial charge is 0.481 e. The number of methoxy groups -OCH3 is 1. The van der Waals surface area contributed by atoms with Gasteiger partial charge >= 0.3 is 0 Å². The fraction of sp³-hybridized carbons (Fsp3) is 0.467. The molecule has 0 atom stereocenters. The number of hydrogen-bond acceptors (Lipinski definition) is 4. The highest BCUT2D eigenvalue weighted by atomic mass is 16.5. The van der Waals surface area contributed by atoms with Crippen LogP contribution < -0.4 is 15.6 Å². The average Bonchev–Trinajstić information content (AvgIpc) is 2.47. The monoisotopic (exact) mass is 275 g/mol. The van der Waals surface area contributed by atoms with Gasteiger partial charge < -0.3 is 10.1 Å². The molecule has 0 aromatic carbocycles.